The Bertz CT molecular complexity index is 557. The molecule has 0 atom stereocenters. The van der Waals surface area contributed by atoms with Crippen molar-refractivity contribution in [3.8, 4) is 0 Å². The molecule has 5 heteroatoms. The van der Waals surface area contributed by atoms with E-state index in [-0.39, 0.29) is 12.0 Å². The molecular weight excluding hydrogens is 252 g/mol. The van der Waals surface area contributed by atoms with Crippen molar-refractivity contribution in [1.29, 1.82) is 0 Å². The highest BCUT2D eigenvalue weighted by Gasteiger charge is 2.17. The Labute approximate surface area is 119 Å². The second kappa shape index (κ2) is 6.05. The number of para-hydroxylation sites is 1. The van der Waals surface area contributed by atoms with Gasteiger partial charge in [0.25, 0.3) is 0 Å². The van der Waals surface area contributed by atoms with E-state index in [1.807, 2.05) is 12.3 Å². The van der Waals surface area contributed by atoms with Crippen LogP contribution in [-0.4, -0.2) is 26.7 Å². The fourth-order valence-corrected chi connectivity index (χ4v) is 2.11. The number of aromatic nitrogens is 3. The molecule has 1 heterocycles. The first-order valence-corrected chi connectivity index (χ1v) is 6.84. The molecule has 0 spiro atoms. The molecule has 0 unspecified atom stereocenters. The highest BCUT2D eigenvalue weighted by molar-refractivity contribution is 5.54. The van der Waals surface area contributed by atoms with Crippen LogP contribution in [0, 0.1) is 0 Å². The van der Waals surface area contributed by atoms with Crippen LogP contribution in [0.25, 0.3) is 0 Å². The van der Waals surface area contributed by atoms with Gasteiger partial charge in [-0.3, -0.25) is 0 Å². The Kier molecular flexibility index (Phi) is 4.39. The second-order valence-corrected chi connectivity index (χ2v) is 5.85. The summed E-state index contributed by atoms with van der Waals surface area (Å²) < 4.78 is 1.65. The van der Waals surface area contributed by atoms with Gasteiger partial charge in [0.15, 0.2) is 0 Å². The van der Waals surface area contributed by atoms with Gasteiger partial charge in [0.1, 0.15) is 5.69 Å². The van der Waals surface area contributed by atoms with Gasteiger partial charge in [0.05, 0.1) is 25.9 Å². The van der Waals surface area contributed by atoms with Crippen molar-refractivity contribution in [3.05, 3.63) is 41.7 Å². The SMILES string of the molecule is CC(C)(C)c1ccccc1NCc1cn(CCO)nn1. The van der Waals surface area contributed by atoms with Crippen LogP contribution in [0.4, 0.5) is 5.69 Å². The minimum absolute atomic E-state index is 0.0725. The minimum atomic E-state index is 0.0725. The molecule has 20 heavy (non-hydrogen) atoms. The predicted octanol–water partition coefficient (Wildman–Crippen LogP) is 2.18. The zero-order chi connectivity index (χ0) is 14.6. The number of aliphatic hydroxyl groups excluding tert-OH is 1. The van der Waals surface area contributed by atoms with Gasteiger partial charge in [-0.15, -0.1) is 5.10 Å². The Hall–Kier alpha value is -1.88. The Morgan fingerprint density at radius 3 is 2.70 bits per heavy atom. The summed E-state index contributed by atoms with van der Waals surface area (Å²) >= 11 is 0. The van der Waals surface area contributed by atoms with Crippen molar-refractivity contribution in [3.63, 3.8) is 0 Å². The van der Waals surface area contributed by atoms with Crippen molar-refractivity contribution >= 4 is 5.69 Å². The van der Waals surface area contributed by atoms with E-state index in [1.165, 1.54) is 5.56 Å². The van der Waals surface area contributed by atoms with Gasteiger partial charge in [-0.05, 0) is 17.0 Å². The maximum absolute atomic E-state index is 8.86. The molecule has 2 aromatic rings. The van der Waals surface area contributed by atoms with Crippen LogP contribution in [-0.2, 0) is 18.5 Å². The number of nitrogens with zero attached hydrogens (tertiary/aromatic N) is 3. The lowest BCUT2D eigenvalue weighted by molar-refractivity contribution is 0.268. The van der Waals surface area contributed by atoms with Crippen LogP contribution in [0.3, 0.4) is 0 Å². The summed E-state index contributed by atoms with van der Waals surface area (Å²) in [7, 11) is 0. The van der Waals surface area contributed by atoms with Crippen molar-refractivity contribution in [2.45, 2.75) is 39.3 Å². The molecule has 0 fully saturated rings. The lowest BCUT2D eigenvalue weighted by Crippen LogP contribution is -2.14. The van der Waals surface area contributed by atoms with Crippen molar-refractivity contribution in [2.24, 2.45) is 0 Å². The van der Waals surface area contributed by atoms with Crippen LogP contribution >= 0.6 is 0 Å². The van der Waals surface area contributed by atoms with Gasteiger partial charge in [0.2, 0.25) is 0 Å². The van der Waals surface area contributed by atoms with E-state index in [4.69, 9.17) is 5.11 Å². The van der Waals surface area contributed by atoms with Gasteiger partial charge in [-0.25, -0.2) is 4.68 Å². The fourth-order valence-electron chi connectivity index (χ4n) is 2.11. The Morgan fingerprint density at radius 2 is 2.00 bits per heavy atom. The fraction of sp³-hybridized carbons (Fsp3) is 0.467. The topological polar surface area (TPSA) is 63.0 Å². The van der Waals surface area contributed by atoms with Crippen LogP contribution in [0.1, 0.15) is 32.0 Å². The minimum Gasteiger partial charge on any atom is -0.394 e. The molecule has 5 nitrogen and oxygen atoms in total. The number of nitrogens with one attached hydrogen (secondary N) is 1. The van der Waals surface area contributed by atoms with E-state index < -0.39 is 0 Å². The van der Waals surface area contributed by atoms with Crippen LogP contribution in [0.2, 0.25) is 0 Å². The number of hydrogen-bond acceptors (Lipinski definition) is 4. The summed E-state index contributed by atoms with van der Waals surface area (Å²) in [5.74, 6) is 0. The van der Waals surface area contributed by atoms with Gasteiger partial charge >= 0.3 is 0 Å². The first-order valence-electron chi connectivity index (χ1n) is 6.84. The van der Waals surface area contributed by atoms with Gasteiger partial charge < -0.3 is 10.4 Å². The summed E-state index contributed by atoms with van der Waals surface area (Å²) in [6.07, 6.45) is 1.85. The summed E-state index contributed by atoms with van der Waals surface area (Å²) in [4.78, 5) is 0. The lowest BCUT2D eigenvalue weighted by Gasteiger charge is -2.23. The zero-order valence-electron chi connectivity index (χ0n) is 12.3. The van der Waals surface area contributed by atoms with Gasteiger partial charge in [-0.2, -0.15) is 0 Å². The van der Waals surface area contributed by atoms with Crippen molar-refractivity contribution in [2.75, 3.05) is 11.9 Å². The average Bonchev–Trinajstić information content (AvgIpc) is 2.84. The number of rotatable bonds is 5. The molecule has 0 saturated heterocycles. The molecule has 0 bridgehead atoms. The molecular formula is C15H22N4O. The Morgan fingerprint density at radius 1 is 1.25 bits per heavy atom. The quantitative estimate of drug-likeness (QED) is 0.877. The Balaban J connectivity index is 2.07. The van der Waals surface area contributed by atoms with E-state index in [1.54, 1.807) is 4.68 Å². The first-order chi connectivity index (χ1) is 9.50. The highest BCUT2D eigenvalue weighted by atomic mass is 16.3. The summed E-state index contributed by atoms with van der Waals surface area (Å²) in [5.41, 5.74) is 3.36. The molecule has 0 aliphatic heterocycles. The van der Waals surface area contributed by atoms with Gasteiger partial charge in [-0.1, -0.05) is 44.2 Å². The molecule has 0 radical (unpaired) electrons. The summed E-state index contributed by atoms with van der Waals surface area (Å²) in [5, 5.41) is 20.3. The third-order valence-corrected chi connectivity index (χ3v) is 3.11. The molecule has 0 aliphatic rings. The molecule has 0 amide bonds. The van der Waals surface area contributed by atoms with Crippen molar-refractivity contribution in [1.82, 2.24) is 15.0 Å². The first kappa shape index (κ1) is 14.5. The molecule has 108 valence electrons. The zero-order valence-corrected chi connectivity index (χ0v) is 12.3. The number of benzene rings is 1. The smallest absolute Gasteiger partial charge is 0.102 e. The largest absolute Gasteiger partial charge is 0.394 e. The van der Waals surface area contributed by atoms with Crippen LogP contribution in [0.5, 0.6) is 0 Å². The van der Waals surface area contributed by atoms with Crippen LogP contribution in [0.15, 0.2) is 30.5 Å². The number of aliphatic hydroxyl groups is 1. The highest BCUT2D eigenvalue weighted by Crippen LogP contribution is 2.29. The van der Waals surface area contributed by atoms with Crippen molar-refractivity contribution < 1.29 is 5.11 Å². The number of hydrogen-bond donors (Lipinski definition) is 2. The van der Waals surface area contributed by atoms with Crippen LogP contribution < -0.4 is 5.32 Å². The van der Waals surface area contributed by atoms with E-state index >= 15 is 0 Å². The maximum Gasteiger partial charge on any atom is 0.102 e. The molecule has 0 saturated carbocycles. The molecule has 1 aromatic carbocycles. The standard InChI is InChI=1S/C15H22N4O/c1-15(2,3)13-6-4-5-7-14(13)16-10-12-11-19(8-9-20)18-17-12/h4-7,11,16,20H,8-10H2,1-3H3. The molecule has 2 rings (SSSR count). The summed E-state index contributed by atoms with van der Waals surface area (Å²) in [6, 6.07) is 8.31. The normalized spacial score (nSPS) is 11.6. The van der Waals surface area contributed by atoms with E-state index in [2.05, 4.69) is 54.6 Å². The monoisotopic (exact) mass is 274 g/mol. The summed E-state index contributed by atoms with van der Waals surface area (Å²) in [6.45, 7) is 7.77. The van der Waals surface area contributed by atoms with E-state index in [9.17, 15) is 0 Å². The predicted molar refractivity (Wildman–Crippen MR) is 79.6 cm³/mol. The molecule has 1 aromatic heterocycles. The maximum atomic E-state index is 8.86. The van der Waals surface area contributed by atoms with E-state index in [0.717, 1.165) is 11.4 Å². The third-order valence-electron chi connectivity index (χ3n) is 3.11. The van der Waals surface area contributed by atoms with Gasteiger partial charge in [0, 0.05) is 5.69 Å². The average molecular weight is 274 g/mol. The lowest BCUT2D eigenvalue weighted by atomic mass is 9.86. The number of anilines is 1. The molecule has 0 aliphatic carbocycles. The second-order valence-electron chi connectivity index (χ2n) is 5.85. The third kappa shape index (κ3) is 3.57. The molecule has 2 N–H and O–H groups in total. The van der Waals surface area contributed by atoms with E-state index in [0.29, 0.717) is 13.1 Å².